The molecule has 0 aliphatic heterocycles. The summed E-state index contributed by atoms with van der Waals surface area (Å²) in [5, 5.41) is 22.2. The maximum absolute atomic E-state index is 14.2. The van der Waals surface area contributed by atoms with Crippen molar-refractivity contribution in [1.29, 1.82) is 5.26 Å². The van der Waals surface area contributed by atoms with E-state index in [2.05, 4.69) is 26.8 Å². The number of hydrogen-bond donors (Lipinski definition) is 2. The van der Waals surface area contributed by atoms with Gasteiger partial charge in [-0.3, -0.25) is 9.59 Å². The molecule has 35 heavy (non-hydrogen) atoms. The van der Waals surface area contributed by atoms with Crippen LogP contribution in [0.1, 0.15) is 42.2 Å². The zero-order valence-electron chi connectivity index (χ0n) is 19.1. The predicted molar refractivity (Wildman–Crippen MR) is 128 cm³/mol. The van der Waals surface area contributed by atoms with Crippen molar-refractivity contribution in [2.45, 2.75) is 38.6 Å². The summed E-state index contributed by atoms with van der Waals surface area (Å²) in [5.41, 5.74) is 2.03. The SMILES string of the molecule is CCOC(=O)[C@H](CCC#N)C[C@@H](Cc1ccc(-c2cc(Cl)ccc2F)cc1)NC(=O)c1cn[nH]n1. The third-order valence-corrected chi connectivity index (χ3v) is 5.69. The summed E-state index contributed by atoms with van der Waals surface area (Å²) < 4.78 is 19.4. The van der Waals surface area contributed by atoms with Gasteiger partial charge in [0.15, 0.2) is 5.69 Å². The lowest BCUT2D eigenvalue weighted by molar-refractivity contribution is -0.148. The van der Waals surface area contributed by atoms with Crippen LogP contribution >= 0.6 is 11.6 Å². The minimum atomic E-state index is -0.558. The molecule has 8 nitrogen and oxygen atoms in total. The number of nitriles is 1. The number of ether oxygens (including phenoxy) is 1. The van der Waals surface area contributed by atoms with Crippen LogP contribution in [-0.2, 0) is 16.0 Å². The van der Waals surface area contributed by atoms with E-state index in [1.54, 1.807) is 25.1 Å². The van der Waals surface area contributed by atoms with E-state index in [1.165, 1.54) is 18.3 Å². The molecule has 3 rings (SSSR count). The van der Waals surface area contributed by atoms with Crippen molar-refractivity contribution in [3.05, 3.63) is 70.8 Å². The fourth-order valence-corrected chi connectivity index (χ4v) is 3.93. The number of aromatic nitrogens is 3. The van der Waals surface area contributed by atoms with Crippen LogP contribution in [-0.4, -0.2) is 39.9 Å². The number of rotatable bonds is 11. The molecular formula is C25H25ClFN5O3. The van der Waals surface area contributed by atoms with Crippen molar-refractivity contribution in [1.82, 2.24) is 20.7 Å². The Morgan fingerprint density at radius 2 is 2.03 bits per heavy atom. The molecule has 1 amide bonds. The average Bonchev–Trinajstić information content (AvgIpc) is 3.39. The molecule has 0 spiro atoms. The molecule has 1 heterocycles. The lowest BCUT2D eigenvalue weighted by Gasteiger charge is -2.23. The fourth-order valence-electron chi connectivity index (χ4n) is 3.76. The molecule has 3 aromatic rings. The Morgan fingerprint density at radius 1 is 1.26 bits per heavy atom. The van der Waals surface area contributed by atoms with Gasteiger partial charge in [0.25, 0.3) is 5.91 Å². The van der Waals surface area contributed by atoms with Crippen LogP contribution in [0, 0.1) is 23.1 Å². The average molecular weight is 498 g/mol. The molecule has 2 N–H and O–H groups in total. The van der Waals surface area contributed by atoms with Crippen molar-refractivity contribution in [3.63, 3.8) is 0 Å². The Labute approximate surface area is 207 Å². The van der Waals surface area contributed by atoms with Gasteiger partial charge in [-0.25, -0.2) is 4.39 Å². The van der Waals surface area contributed by atoms with Crippen molar-refractivity contribution in [3.8, 4) is 17.2 Å². The molecule has 0 aliphatic carbocycles. The van der Waals surface area contributed by atoms with Crippen LogP contribution < -0.4 is 5.32 Å². The number of aromatic amines is 1. The molecular weight excluding hydrogens is 473 g/mol. The van der Waals surface area contributed by atoms with Crippen LogP contribution in [0.3, 0.4) is 0 Å². The highest BCUT2D eigenvalue weighted by Gasteiger charge is 2.26. The van der Waals surface area contributed by atoms with Crippen molar-refractivity contribution in [2.75, 3.05) is 6.61 Å². The standard InChI is InChI=1S/C25H25ClFN5O3/c1-2-35-25(34)18(4-3-11-28)13-20(30-24(33)23-15-29-32-31-23)12-16-5-7-17(8-6-16)21-14-19(26)9-10-22(21)27/h5-10,14-15,18,20H,2-4,12-13H2,1H3,(H,30,33)(H,29,31,32)/t18-,20-/m1/s1. The Morgan fingerprint density at radius 3 is 2.69 bits per heavy atom. The Balaban J connectivity index is 1.81. The molecule has 0 radical (unpaired) electrons. The first-order valence-electron chi connectivity index (χ1n) is 11.2. The first-order chi connectivity index (χ1) is 16.9. The third-order valence-electron chi connectivity index (χ3n) is 5.45. The maximum Gasteiger partial charge on any atom is 0.309 e. The number of benzene rings is 2. The highest BCUT2D eigenvalue weighted by atomic mass is 35.5. The number of esters is 1. The molecule has 0 unspecified atom stereocenters. The van der Waals surface area contributed by atoms with E-state index in [9.17, 15) is 14.0 Å². The van der Waals surface area contributed by atoms with Crippen molar-refractivity contribution >= 4 is 23.5 Å². The van der Waals surface area contributed by atoms with Crippen molar-refractivity contribution in [2.24, 2.45) is 5.92 Å². The lowest BCUT2D eigenvalue weighted by atomic mass is 9.91. The Hall–Kier alpha value is -3.77. The second-order valence-corrected chi connectivity index (χ2v) is 8.37. The predicted octanol–water partition coefficient (Wildman–Crippen LogP) is 4.48. The second kappa shape index (κ2) is 12.6. The minimum Gasteiger partial charge on any atom is -0.466 e. The summed E-state index contributed by atoms with van der Waals surface area (Å²) in [5.74, 6) is -1.79. The molecule has 0 bridgehead atoms. The van der Waals surface area contributed by atoms with E-state index < -0.39 is 23.8 Å². The quantitative estimate of drug-likeness (QED) is 0.377. The number of amides is 1. The Kier molecular flexibility index (Phi) is 9.32. The van der Waals surface area contributed by atoms with Crippen LogP contribution in [0.2, 0.25) is 5.02 Å². The number of nitrogens with zero attached hydrogens (tertiary/aromatic N) is 3. The van der Waals surface area contributed by atoms with E-state index in [1.807, 2.05) is 12.1 Å². The highest BCUT2D eigenvalue weighted by Crippen LogP contribution is 2.27. The van der Waals surface area contributed by atoms with Gasteiger partial charge in [-0.2, -0.15) is 20.7 Å². The fraction of sp³-hybridized carbons (Fsp3) is 0.320. The maximum atomic E-state index is 14.2. The monoisotopic (exact) mass is 497 g/mol. The van der Waals surface area contributed by atoms with Gasteiger partial charge in [-0.05, 0) is 55.5 Å². The molecule has 2 aromatic carbocycles. The summed E-state index contributed by atoms with van der Waals surface area (Å²) in [6.07, 6.45) is 2.48. The largest absolute Gasteiger partial charge is 0.466 e. The van der Waals surface area contributed by atoms with E-state index in [0.29, 0.717) is 29.0 Å². The first-order valence-corrected chi connectivity index (χ1v) is 11.5. The second-order valence-electron chi connectivity index (χ2n) is 7.93. The molecule has 1 aromatic heterocycles. The number of hydrogen-bond acceptors (Lipinski definition) is 6. The molecule has 0 saturated carbocycles. The number of halogens is 2. The molecule has 0 aliphatic rings. The summed E-state index contributed by atoms with van der Waals surface area (Å²) in [4.78, 5) is 25.1. The van der Waals surface area contributed by atoms with Crippen LogP contribution in [0.4, 0.5) is 4.39 Å². The summed E-state index contributed by atoms with van der Waals surface area (Å²) >= 11 is 6.01. The van der Waals surface area contributed by atoms with Gasteiger partial charge < -0.3 is 10.1 Å². The zero-order chi connectivity index (χ0) is 25.2. The van der Waals surface area contributed by atoms with Crippen LogP contribution in [0.25, 0.3) is 11.1 Å². The number of carbonyl (C=O) groups excluding carboxylic acids is 2. The van der Waals surface area contributed by atoms with E-state index in [0.717, 1.165) is 5.56 Å². The zero-order valence-corrected chi connectivity index (χ0v) is 19.9. The molecule has 2 atom stereocenters. The minimum absolute atomic E-state index is 0.117. The van der Waals surface area contributed by atoms with E-state index in [4.69, 9.17) is 21.6 Å². The van der Waals surface area contributed by atoms with Gasteiger partial charge in [-0.1, -0.05) is 35.9 Å². The third kappa shape index (κ3) is 7.36. The number of H-pyrrole nitrogens is 1. The lowest BCUT2D eigenvalue weighted by Crippen LogP contribution is -2.39. The topological polar surface area (TPSA) is 121 Å². The molecule has 0 fully saturated rings. The molecule has 0 saturated heterocycles. The van der Waals surface area contributed by atoms with E-state index >= 15 is 0 Å². The summed E-state index contributed by atoms with van der Waals surface area (Å²) in [7, 11) is 0. The van der Waals surface area contributed by atoms with Gasteiger partial charge in [0.05, 0.1) is 24.8 Å². The van der Waals surface area contributed by atoms with E-state index in [-0.39, 0.29) is 31.0 Å². The van der Waals surface area contributed by atoms with Gasteiger partial charge in [-0.15, -0.1) is 0 Å². The van der Waals surface area contributed by atoms with Gasteiger partial charge >= 0.3 is 5.97 Å². The summed E-state index contributed by atoms with van der Waals surface area (Å²) in [6, 6.07) is 13.2. The van der Waals surface area contributed by atoms with Crippen LogP contribution in [0.15, 0.2) is 48.7 Å². The Bertz CT molecular complexity index is 1180. The number of nitrogens with one attached hydrogen (secondary N) is 2. The first kappa shape index (κ1) is 25.8. The van der Waals surface area contributed by atoms with Crippen molar-refractivity contribution < 1.29 is 18.7 Å². The highest BCUT2D eigenvalue weighted by molar-refractivity contribution is 6.30. The molecule has 10 heteroatoms. The normalized spacial score (nSPS) is 12.4. The number of carbonyl (C=O) groups is 2. The van der Waals surface area contributed by atoms with Gasteiger partial charge in [0.2, 0.25) is 0 Å². The molecule has 182 valence electrons. The summed E-state index contributed by atoms with van der Waals surface area (Å²) in [6.45, 7) is 1.94. The van der Waals surface area contributed by atoms with Gasteiger partial charge in [0.1, 0.15) is 5.82 Å². The van der Waals surface area contributed by atoms with Crippen LogP contribution in [0.5, 0.6) is 0 Å². The van der Waals surface area contributed by atoms with Gasteiger partial charge in [0, 0.05) is 23.0 Å². The smallest absolute Gasteiger partial charge is 0.309 e.